The summed E-state index contributed by atoms with van der Waals surface area (Å²) in [5.41, 5.74) is 3.25. The molecule has 0 aliphatic heterocycles. The van der Waals surface area contributed by atoms with E-state index in [1.54, 1.807) is 24.1 Å². The highest BCUT2D eigenvalue weighted by Gasteiger charge is 2.10. The third kappa shape index (κ3) is 4.67. The molecule has 1 N–H and O–H groups in total. The summed E-state index contributed by atoms with van der Waals surface area (Å²) in [5.74, 6) is 1.18. The minimum atomic E-state index is -0.273. The van der Waals surface area contributed by atoms with Crippen LogP contribution >= 0.6 is 0 Å². The Bertz CT molecular complexity index is 1100. The first-order valence-corrected chi connectivity index (χ1v) is 9.48. The van der Waals surface area contributed by atoms with Gasteiger partial charge in [-0.2, -0.15) is 5.10 Å². The number of rotatable bonds is 7. The molecule has 6 heteroatoms. The summed E-state index contributed by atoms with van der Waals surface area (Å²) >= 11 is 0. The van der Waals surface area contributed by atoms with Gasteiger partial charge in [-0.25, -0.2) is 4.68 Å². The van der Waals surface area contributed by atoms with Crippen LogP contribution in [0.15, 0.2) is 91.1 Å². The van der Waals surface area contributed by atoms with E-state index in [4.69, 9.17) is 9.47 Å². The summed E-state index contributed by atoms with van der Waals surface area (Å²) in [6, 6.07) is 26.7. The Morgan fingerprint density at radius 2 is 1.53 bits per heavy atom. The van der Waals surface area contributed by atoms with E-state index in [1.165, 1.54) is 0 Å². The lowest BCUT2D eigenvalue weighted by molar-refractivity contribution is 0.102. The number of benzene rings is 3. The summed E-state index contributed by atoms with van der Waals surface area (Å²) in [6.45, 7) is 0.200. The van der Waals surface area contributed by atoms with E-state index in [2.05, 4.69) is 10.4 Å². The predicted octanol–water partition coefficient (Wildman–Crippen LogP) is 4.85. The maximum Gasteiger partial charge on any atom is 0.276 e. The predicted molar refractivity (Wildman–Crippen MR) is 116 cm³/mol. The maximum atomic E-state index is 12.5. The molecule has 4 aromatic rings. The number of nitrogens with zero attached hydrogens (tertiary/aromatic N) is 2. The van der Waals surface area contributed by atoms with Gasteiger partial charge in [0.2, 0.25) is 0 Å². The molecule has 0 radical (unpaired) electrons. The van der Waals surface area contributed by atoms with Gasteiger partial charge >= 0.3 is 0 Å². The molecule has 150 valence electrons. The number of methoxy groups -OCH3 is 1. The van der Waals surface area contributed by atoms with Gasteiger partial charge in [0.25, 0.3) is 5.91 Å². The average molecular weight is 399 g/mol. The molecule has 0 fully saturated rings. The number of ether oxygens (including phenoxy) is 2. The largest absolute Gasteiger partial charge is 0.497 e. The highest BCUT2D eigenvalue weighted by Crippen LogP contribution is 2.21. The fourth-order valence-electron chi connectivity index (χ4n) is 2.94. The van der Waals surface area contributed by atoms with Crippen molar-refractivity contribution >= 4 is 11.6 Å². The summed E-state index contributed by atoms with van der Waals surface area (Å²) < 4.78 is 12.4. The summed E-state index contributed by atoms with van der Waals surface area (Å²) in [6.07, 6.45) is 1.71. The van der Waals surface area contributed by atoms with Gasteiger partial charge in [-0.1, -0.05) is 42.5 Å². The Morgan fingerprint density at radius 1 is 0.867 bits per heavy atom. The minimum Gasteiger partial charge on any atom is -0.497 e. The first kappa shape index (κ1) is 19.3. The number of carbonyl (C=O) groups is 1. The van der Waals surface area contributed by atoms with Crippen molar-refractivity contribution in [2.24, 2.45) is 0 Å². The SMILES string of the molecule is COc1ccc(OCn2ccc(C(=O)Nc3ccc(-c4ccccc4)cc3)n2)cc1. The van der Waals surface area contributed by atoms with Crippen molar-refractivity contribution < 1.29 is 14.3 Å². The molecule has 0 spiro atoms. The monoisotopic (exact) mass is 399 g/mol. The molecular formula is C24H21N3O3. The number of hydrogen-bond acceptors (Lipinski definition) is 4. The zero-order chi connectivity index (χ0) is 20.8. The second-order valence-electron chi connectivity index (χ2n) is 6.59. The molecule has 0 saturated carbocycles. The van der Waals surface area contributed by atoms with Crippen LogP contribution in [0.4, 0.5) is 5.69 Å². The molecule has 1 heterocycles. The Hall–Kier alpha value is -4.06. The lowest BCUT2D eigenvalue weighted by Crippen LogP contribution is -2.14. The number of amides is 1. The molecule has 3 aromatic carbocycles. The number of anilines is 1. The number of carbonyl (C=O) groups excluding carboxylic acids is 1. The molecule has 4 rings (SSSR count). The quantitative estimate of drug-likeness (QED) is 0.483. The molecule has 0 unspecified atom stereocenters. The Morgan fingerprint density at radius 3 is 2.23 bits per heavy atom. The topological polar surface area (TPSA) is 65.4 Å². The van der Waals surface area contributed by atoms with Gasteiger partial charge in [0.15, 0.2) is 12.4 Å². The fourth-order valence-corrected chi connectivity index (χ4v) is 2.94. The molecule has 6 nitrogen and oxygen atoms in total. The van der Waals surface area contributed by atoms with Crippen molar-refractivity contribution in [3.8, 4) is 22.6 Å². The average Bonchev–Trinajstić information content (AvgIpc) is 3.28. The fraction of sp³-hybridized carbons (Fsp3) is 0.0833. The molecule has 0 atom stereocenters. The van der Waals surface area contributed by atoms with E-state index in [9.17, 15) is 4.79 Å². The normalized spacial score (nSPS) is 10.4. The van der Waals surface area contributed by atoms with Crippen LogP contribution in [0, 0.1) is 0 Å². The summed E-state index contributed by atoms with van der Waals surface area (Å²) in [5, 5.41) is 7.14. The van der Waals surface area contributed by atoms with Gasteiger partial charge in [0.05, 0.1) is 7.11 Å². The smallest absolute Gasteiger partial charge is 0.276 e. The van der Waals surface area contributed by atoms with E-state index < -0.39 is 0 Å². The highest BCUT2D eigenvalue weighted by atomic mass is 16.5. The first-order chi connectivity index (χ1) is 14.7. The Labute approximate surface area is 174 Å². The number of nitrogens with one attached hydrogen (secondary N) is 1. The maximum absolute atomic E-state index is 12.5. The molecule has 0 aliphatic carbocycles. The molecular weight excluding hydrogens is 378 g/mol. The second kappa shape index (κ2) is 8.96. The molecule has 0 aliphatic rings. The van der Waals surface area contributed by atoms with Gasteiger partial charge < -0.3 is 14.8 Å². The zero-order valence-corrected chi connectivity index (χ0v) is 16.5. The van der Waals surface area contributed by atoms with Gasteiger partial charge in [-0.3, -0.25) is 4.79 Å². The van der Waals surface area contributed by atoms with E-state index in [0.717, 1.165) is 16.9 Å². The van der Waals surface area contributed by atoms with Crippen LogP contribution < -0.4 is 14.8 Å². The number of aromatic nitrogens is 2. The highest BCUT2D eigenvalue weighted by molar-refractivity contribution is 6.02. The molecule has 0 saturated heterocycles. The zero-order valence-electron chi connectivity index (χ0n) is 16.5. The summed E-state index contributed by atoms with van der Waals surface area (Å²) in [7, 11) is 1.61. The molecule has 1 amide bonds. The van der Waals surface area contributed by atoms with E-state index in [1.807, 2.05) is 78.9 Å². The Kier molecular flexibility index (Phi) is 5.75. The summed E-state index contributed by atoms with van der Waals surface area (Å²) in [4.78, 5) is 12.5. The van der Waals surface area contributed by atoms with Crippen molar-refractivity contribution in [1.82, 2.24) is 9.78 Å². The van der Waals surface area contributed by atoms with Crippen LogP contribution in [0.2, 0.25) is 0 Å². The van der Waals surface area contributed by atoms with Crippen molar-refractivity contribution in [3.05, 3.63) is 96.8 Å². The van der Waals surface area contributed by atoms with Gasteiger partial charge in [-0.05, 0) is 53.6 Å². The second-order valence-corrected chi connectivity index (χ2v) is 6.59. The lowest BCUT2D eigenvalue weighted by Gasteiger charge is -2.07. The molecule has 1 aromatic heterocycles. The van der Waals surface area contributed by atoms with Crippen molar-refractivity contribution in [3.63, 3.8) is 0 Å². The van der Waals surface area contributed by atoms with Crippen molar-refractivity contribution in [1.29, 1.82) is 0 Å². The van der Waals surface area contributed by atoms with E-state index in [-0.39, 0.29) is 12.6 Å². The third-order valence-electron chi connectivity index (χ3n) is 4.55. The van der Waals surface area contributed by atoms with Crippen LogP contribution in [0.1, 0.15) is 10.5 Å². The van der Waals surface area contributed by atoms with Crippen LogP contribution in [0.5, 0.6) is 11.5 Å². The third-order valence-corrected chi connectivity index (χ3v) is 4.55. The Balaban J connectivity index is 1.34. The molecule has 0 bridgehead atoms. The van der Waals surface area contributed by atoms with Crippen molar-refractivity contribution in [2.45, 2.75) is 6.73 Å². The van der Waals surface area contributed by atoms with Crippen LogP contribution in [-0.2, 0) is 6.73 Å². The van der Waals surface area contributed by atoms with Gasteiger partial charge in [0, 0.05) is 11.9 Å². The standard InChI is InChI=1S/C24H21N3O3/c1-29-21-11-13-22(14-12-21)30-17-27-16-15-23(26-27)24(28)25-20-9-7-19(8-10-20)18-5-3-2-4-6-18/h2-16H,17H2,1H3,(H,25,28). The van der Waals surface area contributed by atoms with Crippen molar-refractivity contribution in [2.75, 3.05) is 12.4 Å². The first-order valence-electron chi connectivity index (χ1n) is 9.48. The van der Waals surface area contributed by atoms with Crippen LogP contribution in [-0.4, -0.2) is 22.8 Å². The van der Waals surface area contributed by atoms with Gasteiger partial charge in [0.1, 0.15) is 11.5 Å². The van der Waals surface area contributed by atoms with E-state index in [0.29, 0.717) is 17.1 Å². The lowest BCUT2D eigenvalue weighted by atomic mass is 10.1. The number of hydrogen-bond donors (Lipinski definition) is 1. The van der Waals surface area contributed by atoms with Crippen LogP contribution in [0.25, 0.3) is 11.1 Å². The van der Waals surface area contributed by atoms with E-state index >= 15 is 0 Å². The molecule has 30 heavy (non-hydrogen) atoms. The van der Waals surface area contributed by atoms with Gasteiger partial charge in [-0.15, -0.1) is 0 Å². The van der Waals surface area contributed by atoms with Crippen LogP contribution in [0.3, 0.4) is 0 Å². The minimum absolute atomic E-state index is 0.200.